The zero-order chi connectivity index (χ0) is 6.78. The Labute approximate surface area is 48.3 Å². The van der Waals surface area contributed by atoms with Gasteiger partial charge in [0, 0.05) is 5.75 Å². The quantitative estimate of drug-likeness (QED) is 0.425. The van der Waals surface area contributed by atoms with Crippen LogP contribution >= 0.6 is 12.6 Å². The Hall–Kier alpha value is -0.220. The predicted octanol–water partition coefficient (Wildman–Crippen LogP) is -0.672. The molecule has 1 unspecified atom stereocenters. The lowest BCUT2D eigenvalue weighted by atomic mass is 10.4. The smallest absolute Gasteiger partial charge is 0.321 e. The summed E-state index contributed by atoms with van der Waals surface area (Å²) in [4.78, 5) is 9.89. The highest BCUT2D eigenvalue weighted by Gasteiger charge is 2.06. The third kappa shape index (κ3) is 2.47. The van der Waals surface area contributed by atoms with Gasteiger partial charge in [0.15, 0.2) is 0 Å². The molecule has 3 N–H and O–H groups in total. The van der Waals surface area contributed by atoms with Crippen LogP contribution in [-0.2, 0) is 4.79 Å². The van der Waals surface area contributed by atoms with Crippen molar-refractivity contribution >= 4 is 18.6 Å². The number of thiol groups is 1. The first-order valence-corrected chi connectivity index (χ1v) is 2.27. The molecule has 0 aliphatic carbocycles. The maximum atomic E-state index is 9.89. The third-order valence-electron chi connectivity index (χ3n) is 0.445. The summed E-state index contributed by atoms with van der Waals surface area (Å²) in [6.45, 7) is 0. The first kappa shape index (κ1) is 4.93. The van der Waals surface area contributed by atoms with Gasteiger partial charge in [-0.05, 0) is 0 Å². The predicted molar refractivity (Wildman–Crippen MR) is 29.5 cm³/mol. The average molecular weight is 122 g/mol. The van der Waals surface area contributed by atoms with E-state index in [9.17, 15) is 4.79 Å². The van der Waals surface area contributed by atoms with Gasteiger partial charge in [-0.1, -0.05) is 0 Å². The molecule has 0 radical (unpaired) electrons. The van der Waals surface area contributed by atoms with Crippen molar-refractivity contribution < 1.29 is 11.3 Å². The minimum absolute atomic E-state index is 0.178. The molecule has 0 bridgehead atoms. The number of carboxylic acid groups (broad SMARTS) is 1. The largest absolute Gasteiger partial charge is 0.480 e. The monoisotopic (exact) mass is 122 g/mol. The second-order valence-electron chi connectivity index (χ2n) is 0.989. The van der Waals surface area contributed by atoms with Gasteiger partial charge in [-0.15, -0.1) is 0 Å². The van der Waals surface area contributed by atoms with E-state index in [1.807, 2.05) is 0 Å². The van der Waals surface area contributed by atoms with Gasteiger partial charge < -0.3 is 10.8 Å². The van der Waals surface area contributed by atoms with E-state index >= 15 is 0 Å². The number of aliphatic carboxylic acids is 1. The van der Waals surface area contributed by atoms with Gasteiger partial charge in [-0.25, -0.2) is 0 Å². The van der Waals surface area contributed by atoms with Crippen molar-refractivity contribution in [1.29, 1.82) is 0 Å². The lowest BCUT2D eigenvalue weighted by molar-refractivity contribution is -0.137. The fourth-order valence-electron chi connectivity index (χ4n) is 0.0676. The Morgan fingerprint density at radius 3 is 2.71 bits per heavy atom. The van der Waals surface area contributed by atoms with Gasteiger partial charge in [-0.2, -0.15) is 12.6 Å². The summed E-state index contributed by atoms with van der Waals surface area (Å²) in [6, 6.07) is -1.93. The highest BCUT2D eigenvalue weighted by atomic mass is 32.1. The Morgan fingerprint density at radius 2 is 2.71 bits per heavy atom. The van der Waals surface area contributed by atoms with Gasteiger partial charge in [0.25, 0.3) is 0 Å². The average Bonchev–Trinajstić information content (AvgIpc) is 1.67. The zero-order valence-corrected chi connectivity index (χ0v) is 4.48. The normalized spacial score (nSPS) is 20.0. The zero-order valence-electron chi connectivity index (χ0n) is 4.59. The van der Waals surface area contributed by atoms with Crippen LogP contribution in [0.15, 0.2) is 0 Å². The lowest BCUT2D eigenvalue weighted by Crippen LogP contribution is -2.31. The summed E-state index contributed by atoms with van der Waals surface area (Å²) < 4.78 is 6.73. The molecule has 0 saturated carbocycles. The number of hydrogen-bond donors (Lipinski definition) is 3. The Morgan fingerprint density at radius 1 is 2.29 bits per heavy atom. The molecule has 0 aromatic carbocycles. The molecule has 42 valence electrons. The van der Waals surface area contributed by atoms with Crippen molar-refractivity contribution in [2.75, 3.05) is 5.75 Å². The number of hydrogen-bond acceptors (Lipinski definition) is 3. The minimum Gasteiger partial charge on any atom is -0.480 e. The van der Waals surface area contributed by atoms with Crippen LogP contribution in [0.25, 0.3) is 0 Å². The Balaban J connectivity index is 3.91. The summed E-state index contributed by atoms with van der Waals surface area (Å²) in [5, 5.41) is 8.08. The van der Waals surface area contributed by atoms with E-state index in [1.165, 1.54) is 0 Å². The van der Waals surface area contributed by atoms with Crippen LogP contribution in [0.2, 0.25) is 0 Å². The molecule has 0 amide bonds. The summed E-state index contributed by atoms with van der Waals surface area (Å²) in [7, 11) is 0. The molecule has 0 fully saturated rings. The van der Waals surface area contributed by atoms with Gasteiger partial charge in [-0.3, -0.25) is 4.79 Å². The maximum Gasteiger partial charge on any atom is 0.321 e. The van der Waals surface area contributed by atoms with Gasteiger partial charge in [0.1, 0.15) is 6.02 Å². The van der Waals surface area contributed by atoms with E-state index in [0.717, 1.165) is 0 Å². The highest BCUT2D eigenvalue weighted by molar-refractivity contribution is 7.80. The Kier molecular flexibility index (Phi) is 2.02. The number of rotatable bonds is 2. The molecule has 0 rings (SSSR count). The summed E-state index contributed by atoms with van der Waals surface area (Å²) >= 11 is 3.55. The number of carbonyl (C=O) groups is 1. The molecule has 0 aliphatic heterocycles. The summed E-state index contributed by atoms with van der Waals surface area (Å²) in [5.41, 5.74) is 4.85. The molecular formula is C3H7NO2S. The van der Waals surface area contributed by atoms with Gasteiger partial charge in [0.05, 0.1) is 1.37 Å². The molecule has 0 aromatic rings. The summed E-state index contributed by atoms with van der Waals surface area (Å²) in [5.74, 6) is -1.53. The topological polar surface area (TPSA) is 63.3 Å². The van der Waals surface area contributed by atoms with E-state index in [2.05, 4.69) is 12.6 Å². The van der Waals surface area contributed by atoms with Gasteiger partial charge >= 0.3 is 5.97 Å². The molecule has 0 saturated heterocycles. The van der Waals surface area contributed by atoms with Crippen molar-refractivity contribution in [1.82, 2.24) is 0 Å². The van der Waals surface area contributed by atoms with Crippen molar-refractivity contribution in [3.05, 3.63) is 0 Å². The van der Waals surface area contributed by atoms with Crippen molar-refractivity contribution in [3.8, 4) is 0 Å². The molecule has 0 aliphatic rings. The standard InChI is InChI=1S/C3H7NO2S/c4-2(1-7)3(5)6/h2,7H,1,4H2,(H,5,6)/i2D. The minimum atomic E-state index is -1.93. The first-order chi connectivity index (χ1) is 3.50. The van der Waals surface area contributed by atoms with E-state index in [4.69, 9.17) is 12.2 Å². The van der Waals surface area contributed by atoms with Crippen LogP contribution in [-0.4, -0.2) is 22.8 Å². The molecule has 0 aromatic heterocycles. The van der Waals surface area contributed by atoms with E-state index in [0.29, 0.717) is 0 Å². The van der Waals surface area contributed by atoms with Crippen LogP contribution < -0.4 is 5.73 Å². The SMILES string of the molecule is [2H]C(N)(CS)C(=O)O. The molecule has 3 nitrogen and oxygen atoms in total. The van der Waals surface area contributed by atoms with Crippen molar-refractivity contribution in [3.63, 3.8) is 0 Å². The van der Waals surface area contributed by atoms with Crippen LogP contribution in [0.3, 0.4) is 0 Å². The van der Waals surface area contributed by atoms with Gasteiger partial charge in [0.2, 0.25) is 0 Å². The van der Waals surface area contributed by atoms with E-state index in [1.54, 1.807) is 0 Å². The lowest BCUT2D eigenvalue weighted by Gasteiger charge is -1.96. The molecule has 0 heterocycles. The fraction of sp³-hybridized carbons (Fsp3) is 0.667. The number of carboxylic acids is 1. The maximum absolute atomic E-state index is 9.89. The van der Waals surface area contributed by atoms with Crippen LogP contribution in [0, 0.1) is 0 Å². The molecule has 4 heteroatoms. The van der Waals surface area contributed by atoms with Crippen molar-refractivity contribution in [2.24, 2.45) is 5.73 Å². The van der Waals surface area contributed by atoms with E-state index < -0.39 is 12.0 Å². The second kappa shape index (κ2) is 2.87. The molecule has 1 atom stereocenters. The second-order valence-corrected chi connectivity index (χ2v) is 1.30. The van der Waals surface area contributed by atoms with Crippen molar-refractivity contribution in [2.45, 2.75) is 6.02 Å². The molecular weight excluding hydrogens is 114 g/mol. The number of nitrogens with two attached hydrogens (primary N) is 1. The van der Waals surface area contributed by atoms with Crippen LogP contribution in [0.1, 0.15) is 1.37 Å². The highest BCUT2D eigenvalue weighted by Crippen LogP contribution is 1.80. The van der Waals surface area contributed by atoms with Crippen LogP contribution in [0.4, 0.5) is 0 Å². The fourth-order valence-corrected chi connectivity index (χ4v) is 0.203. The summed E-state index contributed by atoms with van der Waals surface area (Å²) in [6.07, 6.45) is 0. The molecule has 7 heavy (non-hydrogen) atoms. The van der Waals surface area contributed by atoms with E-state index in [-0.39, 0.29) is 5.75 Å². The first-order valence-electron chi connectivity index (χ1n) is 2.14. The Bertz CT molecular complexity index is 105. The molecule has 0 spiro atoms. The van der Waals surface area contributed by atoms with Crippen LogP contribution in [0.5, 0.6) is 0 Å². The third-order valence-corrected chi connectivity index (χ3v) is 0.786.